The van der Waals surface area contributed by atoms with E-state index in [1.54, 1.807) is 27.3 Å². The lowest BCUT2D eigenvalue weighted by Crippen LogP contribution is -2.43. The zero-order valence-electron chi connectivity index (χ0n) is 23.8. The number of amides is 3. The fourth-order valence-corrected chi connectivity index (χ4v) is 4.73. The normalized spacial score (nSPS) is 13.2. The number of ether oxygens (including phenoxy) is 2. The second-order valence-electron chi connectivity index (χ2n) is 10.1. The molecule has 1 aliphatic rings. The van der Waals surface area contributed by atoms with E-state index < -0.39 is 0 Å². The standard InChI is InChI=1S/C31H37N5O5/c1-36(20-29(38)32-23-7-5-4-6-8-23)30(39)18-17-28(37)34-27-19-26(21-9-13-24(40-2)14-10-21)33-31(35-27)22-11-15-25(41-3)16-12-22/h9-16,19,23H,4-8,17-18,20H2,1-3H3,(H,32,38)(H,33,34,35,37). The Morgan fingerprint density at radius 1 is 0.829 bits per heavy atom. The number of carbonyl (C=O) groups excluding carboxylic acids is 3. The van der Waals surface area contributed by atoms with E-state index in [0.29, 0.717) is 28.8 Å². The molecule has 41 heavy (non-hydrogen) atoms. The van der Waals surface area contributed by atoms with Crippen LogP contribution in [0.25, 0.3) is 22.6 Å². The third-order valence-electron chi connectivity index (χ3n) is 7.07. The molecule has 1 aromatic heterocycles. The highest BCUT2D eigenvalue weighted by Gasteiger charge is 2.19. The molecule has 3 aromatic rings. The van der Waals surface area contributed by atoms with Crippen molar-refractivity contribution in [2.45, 2.75) is 51.0 Å². The average molecular weight is 560 g/mol. The molecule has 10 heteroatoms. The maximum Gasteiger partial charge on any atom is 0.239 e. The van der Waals surface area contributed by atoms with Crippen LogP contribution in [0.1, 0.15) is 44.9 Å². The van der Waals surface area contributed by atoms with Crippen molar-refractivity contribution < 1.29 is 23.9 Å². The van der Waals surface area contributed by atoms with Crippen LogP contribution in [0.4, 0.5) is 5.82 Å². The summed E-state index contributed by atoms with van der Waals surface area (Å²) in [6.07, 6.45) is 5.32. The maximum atomic E-state index is 12.8. The Kier molecular flexibility index (Phi) is 10.3. The van der Waals surface area contributed by atoms with Crippen LogP contribution in [-0.4, -0.2) is 66.4 Å². The highest BCUT2D eigenvalue weighted by Crippen LogP contribution is 2.27. The fraction of sp³-hybridized carbons (Fsp3) is 0.387. The van der Waals surface area contributed by atoms with Gasteiger partial charge in [0.2, 0.25) is 17.7 Å². The van der Waals surface area contributed by atoms with E-state index in [1.165, 1.54) is 11.3 Å². The number of hydrogen-bond acceptors (Lipinski definition) is 7. The van der Waals surface area contributed by atoms with Crippen LogP contribution < -0.4 is 20.1 Å². The van der Waals surface area contributed by atoms with Crippen LogP contribution in [0.3, 0.4) is 0 Å². The summed E-state index contributed by atoms with van der Waals surface area (Å²) in [5.74, 6) is 1.35. The topological polar surface area (TPSA) is 123 Å². The molecule has 1 aliphatic carbocycles. The Morgan fingerprint density at radius 3 is 2.05 bits per heavy atom. The second-order valence-corrected chi connectivity index (χ2v) is 10.1. The summed E-state index contributed by atoms with van der Waals surface area (Å²) < 4.78 is 10.5. The molecule has 2 N–H and O–H groups in total. The molecule has 1 saturated carbocycles. The molecular formula is C31H37N5O5. The van der Waals surface area contributed by atoms with E-state index in [0.717, 1.165) is 36.8 Å². The first-order valence-electron chi connectivity index (χ1n) is 13.9. The molecule has 0 saturated heterocycles. The number of rotatable bonds is 11. The maximum absolute atomic E-state index is 12.8. The van der Waals surface area contributed by atoms with Gasteiger partial charge in [-0.05, 0) is 61.4 Å². The van der Waals surface area contributed by atoms with E-state index in [9.17, 15) is 14.4 Å². The van der Waals surface area contributed by atoms with Gasteiger partial charge in [-0.3, -0.25) is 14.4 Å². The first kappa shape index (κ1) is 29.5. The van der Waals surface area contributed by atoms with E-state index in [-0.39, 0.29) is 43.1 Å². The average Bonchev–Trinajstić information content (AvgIpc) is 3.00. The van der Waals surface area contributed by atoms with Gasteiger partial charge in [0, 0.05) is 43.1 Å². The Morgan fingerprint density at radius 2 is 1.44 bits per heavy atom. The zero-order valence-corrected chi connectivity index (χ0v) is 23.8. The predicted octanol–water partition coefficient (Wildman–Crippen LogP) is 4.45. The van der Waals surface area contributed by atoms with Crippen molar-refractivity contribution in [1.82, 2.24) is 20.2 Å². The molecule has 2 aromatic carbocycles. The molecule has 1 fully saturated rings. The molecule has 3 amide bonds. The van der Waals surface area contributed by atoms with Gasteiger partial charge in [0.15, 0.2) is 5.82 Å². The zero-order chi connectivity index (χ0) is 29.2. The molecule has 0 bridgehead atoms. The van der Waals surface area contributed by atoms with Crippen molar-refractivity contribution in [3.8, 4) is 34.1 Å². The molecule has 10 nitrogen and oxygen atoms in total. The summed E-state index contributed by atoms with van der Waals surface area (Å²) in [5, 5.41) is 5.82. The number of methoxy groups -OCH3 is 2. The van der Waals surface area contributed by atoms with Crippen molar-refractivity contribution in [3.63, 3.8) is 0 Å². The van der Waals surface area contributed by atoms with E-state index in [4.69, 9.17) is 14.5 Å². The summed E-state index contributed by atoms with van der Waals surface area (Å²) in [6, 6.07) is 16.6. The van der Waals surface area contributed by atoms with Crippen LogP contribution in [0.2, 0.25) is 0 Å². The number of nitrogens with one attached hydrogen (secondary N) is 2. The quantitative estimate of drug-likeness (QED) is 0.356. The van der Waals surface area contributed by atoms with Crippen LogP contribution >= 0.6 is 0 Å². The summed E-state index contributed by atoms with van der Waals surface area (Å²) >= 11 is 0. The molecule has 0 unspecified atom stereocenters. The van der Waals surface area contributed by atoms with Gasteiger partial charge in [-0.25, -0.2) is 9.97 Å². The highest BCUT2D eigenvalue weighted by atomic mass is 16.5. The lowest BCUT2D eigenvalue weighted by Gasteiger charge is -2.24. The molecule has 0 radical (unpaired) electrons. The Hall–Kier alpha value is -4.47. The SMILES string of the molecule is COc1ccc(-c2cc(NC(=O)CCC(=O)N(C)CC(=O)NC3CCCCC3)nc(-c3ccc(OC)cc3)n2)cc1. The van der Waals surface area contributed by atoms with Crippen molar-refractivity contribution in [2.75, 3.05) is 33.1 Å². The molecule has 0 atom stereocenters. The molecule has 216 valence electrons. The lowest BCUT2D eigenvalue weighted by molar-refractivity contribution is -0.135. The number of benzene rings is 2. The minimum atomic E-state index is -0.363. The molecule has 4 rings (SSSR count). The Bertz CT molecular complexity index is 1270. The summed E-state index contributed by atoms with van der Waals surface area (Å²) in [7, 11) is 4.77. The van der Waals surface area contributed by atoms with Gasteiger partial charge >= 0.3 is 0 Å². The minimum Gasteiger partial charge on any atom is -0.497 e. The number of nitrogens with zero attached hydrogens (tertiary/aromatic N) is 3. The lowest BCUT2D eigenvalue weighted by atomic mass is 9.95. The van der Waals surface area contributed by atoms with Gasteiger partial charge in [0.05, 0.1) is 26.5 Å². The van der Waals surface area contributed by atoms with Crippen molar-refractivity contribution in [3.05, 3.63) is 54.6 Å². The number of hydrogen-bond donors (Lipinski definition) is 2. The predicted molar refractivity (Wildman–Crippen MR) is 157 cm³/mol. The van der Waals surface area contributed by atoms with E-state index in [2.05, 4.69) is 15.6 Å². The van der Waals surface area contributed by atoms with E-state index >= 15 is 0 Å². The van der Waals surface area contributed by atoms with Gasteiger partial charge in [0.25, 0.3) is 0 Å². The summed E-state index contributed by atoms with van der Waals surface area (Å²) in [5.41, 5.74) is 2.19. The molecular weight excluding hydrogens is 522 g/mol. The van der Waals surface area contributed by atoms with Crippen LogP contribution in [0, 0.1) is 0 Å². The fourth-order valence-electron chi connectivity index (χ4n) is 4.73. The van der Waals surface area contributed by atoms with Crippen molar-refractivity contribution in [2.24, 2.45) is 0 Å². The van der Waals surface area contributed by atoms with Crippen LogP contribution in [0.5, 0.6) is 11.5 Å². The van der Waals surface area contributed by atoms with Crippen LogP contribution in [-0.2, 0) is 14.4 Å². The molecule has 0 aliphatic heterocycles. The molecule has 1 heterocycles. The third-order valence-corrected chi connectivity index (χ3v) is 7.07. The minimum absolute atomic E-state index is 0.0270. The van der Waals surface area contributed by atoms with Crippen LogP contribution in [0.15, 0.2) is 54.6 Å². The Labute approximate surface area is 240 Å². The first-order valence-corrected chi connectivity index (χ1v) is 13.9. The summed E-state index contributed by atoms with van der Waals surface area (Å²) in [6.45, 7) is -0.0285. The van der Waals surface area contributed by atoms with Gasteiger partial charge < -0.3 is 25.0 Å². The van der Waals surface area contributed by atoms with E-state index in [1.807, 2.05) is 48.5 Å². The number of carbonyl (C=O) groups is 3. The molecule has 0 spiro atoms. The van der Waals surface area contributed by atoms with Crippen molar-refractivity contribution in [1.29, 1.82) is 0 Å². The number of likely N-dealkylation sites (N-methyl/N-ethyl adjacent to an activating group) is 1. The van der Waals surface area contributed by atoms with Crippen molar-refractivity contribution >= 4 is 23.5 Å². The highest BCUT2D eigenvalue weighted by molar-refractivity contribution is 5.93. The van der Waals surface area contributed by atoms with Gasteiger partial charge in [-0.1, -0.05) is 19.3 Å². The second kappa shape index (κ2) is 14.2. The van der Waals surface area contributed by atoms with Gasteiger partial charge in [-0.15, -0.1) is 0 Å². The summed E-state index contributed by atoms with van der Waals surface area (Å²) in [4.78, 5) is 48.5. The first-order chi connectivity index (χ1) is 19.8. The number of aromatic nitrogens is 2. The third kappa shape index (κ3) is 8.51. The Balaban J connectivity index is 1.41. The smallest absolute Gasteiger partial charge is 0.239 e. The van der Waals surface area contributed by atoms with Gasteiger partial charge in [0.1, 0.15) is 17.3 Å². The van der Waals surface area contributed by atoms with Gasteiger partial charge in [-0.2, -0.15) is 0 Å². The number of anilines is 1. The monoisotopic (exact) mass is 559 g/mol. The largest absolute Gasteiger partial charge is 0.497 e.